The minimum Gasteiger partial charge on any atom is -0.383 e. The van der Waals surface area contributed by atoms with Gasteiger partial charge in [0.1, 0.15) is 0 Å². The van der Waals surface area contributed by atoms with Crippen molar-refractivity contribution in [2.24, 2.45) is 5.92 Å². The van der Waals surface area contributed by atoms with E-state index in [1.165, 1.54) is 32.5 Å². The maximum absolute atomic E-state index is 6.13. The first-order valence-corrected chi connectivity index (χ1v) is 7.88. The van der Waals surface area contributed by atoms with E-state index in [1.807, 2.05) is 24.3 Å². The Hall–Kier alpha value is -0.770. The highest BCUT2D eigenvalue weighted by Crippen LogP contribution is 2.20. The van der Waals surface area contributed by atoms with Gasteiger partial charge in [0.15, 0.2) is 0 Å². The second-order valence-corrected chi connectivity index (χ2v) is 6.36. The number of benzene rings is 1. The van der Waals surface area contributed by atoms with Gasteiger partial charge in [-0.3, -0.25) is 0 Å². The van der Waals surface area contributed by atoms with Gasteiger partial charge in [0.05, 0.1) is 10.7 Å². The Balaban J connectivity index is 1.65. The Morgan fingerprint density at radius 3 is 2.60 bits per heavy atom. The Bertz CT molecular complexity index is 400. The monoisotopic (exact) mass is 295 g/mol. The number of nitrogens with zero attached hydrogens (tertiary/aromatic N) is 2. The average molecular weight is 296 g/mol. The van der Waals surface area contributed by atoms with Crippen molar-refractivity contribution in [2.45, 2.75) is 12.8 Å². The fourth-order valence-electron chi connectivity index (χ4n) is 2.86. The average Bonchev–Trinajstić information content (AvgIpc) is 2.42. The number of para-hydroxylation sites is 1. The molecule has 112 valence electrons. The molecule has 0 bridgehead atoms. The fraction of sp³-hybridized carbons (Fsp3) is 0.625. The fourth-order valence-corrected chi connectivity index (χ4v) is 3.06. The van der Waals surface area contributed by atoms with Crippen LogP contribution in [0.4, 0.5) is 5.69 Å². The zero-order valence-corrected chi connectivity index (χ0v) is 13.4. The molecule has 1 aliphatic heterocycles. The number of hydrogen-bond donors (Lipinski definition) is 1. The molecule has 0 aromatic heterocycles. The third-order valence-corrected chi connectivity index (χ3v) is 4.28. The Labute approximate surface area is 127 Å². The minimum atomic E-state index is 0.803. The van der Waals surface area contributed by atoms with Crippen LogP contribution in [0.1, 0.15) is 12.8 Å². The molecule has 0 radical (unpaired) electrons. The smallest absolute Gasteiger partial charge is 0.0637 e. The molecule has 1 saturated heterocycles. The summed E-state index contributed by atoms with van der Waals surface area (Å²) in [7, 11) is 4.33. The Morgan fingerprint density at radius 2 is 1.95 bits per heavy atom. The molecule has 1 heterocycles. The molecular weight excluding hydrogens is 270 g/mol. The van der Waals surface area contributed by atoms with Gasteiger partial charge < -0.3 is 15.1 Å². The second-order valence-electron chi connectivity index (χ2n) is 5.95. The van der Waals surface area contributed by atoms with Crippen LogP contribution < -0.4 is 5.32 Å². The van der Waals surface area contributed by atoms with Gasteiger partial charge in [0.2, 0.25) is 0 Å². The van der Waals surface area contributed by atoms with Gasteiger partial charge in [-0.1, -0.05) is 23.7 Å². The van der Waals surface area contributed by atoms with E-state index in [9.17, 15) is 0 Å². The van der Waals surface area contributed by atoms with E-state index in [1.54, 1.807) is 0 Å². The molecule has 1 fully saturated rings. The van der Waals surface area contributed by atoms with Crippen molar-refractivity contribution in [3.63, 3.8) is 0 Å². The minimum absolute atomic E-state index is 0.803. The first-order valence-electron chi connectivity index (χ1n) is 7.50. The largest absolute Gasteiger partial charge is 0.383 e. The molecule has 3 nitrogen and oxygen atoms in total. The van der Waals surface area contributed by atoms with Crippen LogP contribution in [0.25, 0.3) is 0 Å². The number of likely N-dealkylation sites (tertiary alicyclic amines) is 1. The summed E-state index contributed by atoms with van der Waals surface area (Å²) in [6, 6.07) is 7.94. The lowest BCUT2D eigenvalue weighted by Gasteiger charge is -2.33. The number of hydrogen-bond acceptors (Lipinski definition) is 3. The van der Waals surface area contributed by atoms with E-state index in [0.29, 0.717) is 0 Å². The zero-order chi connectivity index (χ0) is 14.4. The predicted molar refractivity (Wildman–Crippen MR) is 87.7 cm³/mol. The lowest BCUT2D eigenvalue weighted by Crippen LogP contribution is -2.39. The summed E-state index contributed by atoms with van der Waals surface area (Å²) in [4.78, 5) is 4.86. The van der Waals surface area contributed by atoms with E-state index in [-0.39, 0.29) is 0 Å². The van der Waals surface area contributed by atoms with Gasteiger partial charge in [0, 0.05) is 19.6 Å². The van der Waals surface area contributed by atoms with Gasteiger partial charge >= 0.3 is 0 Å². The lowest BCUT2D eigenvalue weighted by atomic mass is 9.96. The van der Waals surface area contributed by atoms with Crippen LogP contribution in [0.15, 0.2) is 24.3 Å². The van der Waals surface area contributed by atoms with Crippen molar-refractivity contribution >= 4 is 17.3 Å². The molecule has 0 spiro atoms. The maximum atomic E-state index is 6.13. The third-order valence-electron chi connectivity index (χ3n) is 3.95. The standard InChI is InChI=1S/C16H26ClN3/c1-19(2)13-14-7-10-20(11-8-14)12-9-18-16-6-4-3-5-15(16)17/h3-6,14,18H,7-13H2,1-2H3. The zero-order valence-electron chi connectivity index (χ0n) is 12.6. The Kier molecular flexibility index (Phi) is 6.14. The molecule has 0 atom stereocenters. The van der Waals surface area contributed by atoms with Crippen LogP contribution in [0.3, 0.4) is 0 Å². The summed E-state index contributed by atoms with van der Waals surface area (Å²) >= 11 is 6.13. The summed E-state index contributed by atoms with van der Waals surface area (Å²) in [5.74, 6) is 0.873. The van der Waals surface area contributed by atoms with Crippen molar-refractivity contribution in [2.75, 3.05) is 52.1 Å². The number of rotatable bonds is 6. The summed E-state index contributed by atoms with van der Waals surface area (Å²) in [5, 5.41) is 4.22. The summed E-state index contributed by atoms with van der Waals surface area (Å²) in [6.07, 6.45) is 2.65. The SMILES string of the molecule is CN(C)CC1CCN(CCNc2ccccc2Cl)CC1. The number of halogens is 1. The van der Waals surface area contributed by atoms with Crippen LogP contribution in [0.5, 0.6) is 0 Å². The van der Waals surface area contributed by atoms with Gasteiger partial charge in [-0.2, -0.15) is 0 Å². The third kappa shape index (κ3) is 4.97. The van der Waals surface area contributed by atoms with E-state index in [2.05, 4.69) is 29.2 Å². The number of piperidine rings is 1. The molecule has 1 aromatic carbocycles. The van der Waals surface area contributed by atoms with Crippen molar-refractivity contribution in [3.05, 3.63) is 29.3 Å². The lowest BCUT2D eigenvalue weighted by molar-refractivity contribution is 0.167. The highest BCUT2D eigenvalue weighted by molar-refractivity contribution is 6.33. The van der Waals surface area contributed by atoms with Crippen LogP contribution in [-0.2, 0) is 0 Å². The summed E-state index contributed by atoms with van der Waals surface area (Å²) in [6.45, 7) is 5.74. The normalized spacial score (nSPS) is 17.6. The molecule has 0 amide bonds. The molecule has 2 rings (SSSR count). The topological polar surface area (TPSA) is 18.5 Å². The van der Waals surface area contributed by atoms with Gasteiger partial charge in [-0.15, -0.1) is 0 Å². The molecule has 1 aliphatic rings. The van der Waals surface area contributed by atoms with Gasteiger partial charge in [0.25, 0.3) is 0 Å². The molecule has 20 heavy (non-hydrogen) atoms. The van der Waals surface area contributed by atoms with Crippen molar-refractivity contribution in [1.82, 2.24) is 9.80 Å². The van der Waals surface area contributed by atoms with Crippen LogP contribution >= 0.6 is 11.6 Å². The highest BCUT2D eigenvalue weighted by atomic mass is 35.5. The van der Waals surface area contributed by atoms with E-state index < -0.39 is 0 Å². The van der Waals surface area contributed by atoms with Crippen LogP contribution in [0.2, 0.25) is 5.02 Å². The van der Waals surface area contributed by atoms with Crippen LogP contribution in [0, 0.1) is 5.92 Å². The molecule has 4 heteroatoms. The van der Waals surface area contributed by atoms with Gasteiger partial charge in [-0.25, -0.2) is 0 Å². The van der Waals surface area contributed by atoms with E-state index in [4.69, 9.17) is 11.6 Å². The van der Waals surface area contributed by atoms with Gasteiger partial charge in [-0.05, 0) is 58.1 Å². The van der Waals surface area contributed by atoms with Crippen LogP contribution in [-0.4, -0.2) is 56.6 Å². The maximum Gasteiger partial charge on any atom is 0.0637 e. The summed E-state index contributed by atoms with van der Waals surface area (Å²) in [5.41, 5.74) is 1.04. The Morgan fingerprint density at radius 1 is 1.25 bits per heavy atom. The highest BCUT2D eigenvalue weighted by Gasteiger charge is 2.19. The molecule has 0 aliphatic carbocycles. The van der Waals surface area contributed by atoms with Crippen molar-refractivity contribution < 1.29 is 0 Å². The quantitative estimate of drug-likeness (QED) is 0.870. The van der Waals surface area contributed by atoms with Crippen molar-refractivity contribution in [3.8, 4) is 0 Å². The second kappa shape index (κ2) is 7.87. The molecule has 1 N–H and O–H groups in total. The summed E-state index contributed by atoms with van der Waals surface area (Å²) < 4.78 is 0. The molecular formula is C16H26ClN3. The molecule has 0 unspecified atom stereocenters. The van der Waals surface area contributed by atoms with E-state index >= 15 is 0 Å². The first kappa shape index (κ1) is 15.6. The molecule has 1 aromatic rings. The predicted octanol–water partition coefficient (Wildman–Crippen LogP) is 3.03. The molecule has 0 saturated carbocycles. The number of anilines is 1. The van der Waals surface area contributed by atoms with Crippen molar-refractivity contribution in [1.29, 1.82) is 0 Å². The first-order chi connectivity index (χ1) is 9.65. The number of nitrogens with one attached hydrogen (secondary N) is 1. The van der Waals surface area contributed by atoms with E-state index in [0.717, 1.165) is 29.7 Å².